The Morgan fingerprint density at radius 1 is 1.60 bits per heavy atom. The Morgan fingerprint density at radius 2 is 2.20 bits per heavy atom. The average molecular weight is 207 g/mol. The van der Waals surface area contributed by atoms with E-state index in [1.807, 2.05) is 19.9 Å². The van der Waals surface area contributed by atoms with Gasteiger partial charge in [-0.3, -0.25) is 0 Å². The summed E-state index contributed by atoms with van der Waals surface area (Å²) in [5.41, 5.74) is -0.191. The molecule has 0 heterocycles. The summed E-state index contributed by atoms with van der Waals surface area (Å²) < 4.78 is 4.76. The molecule has 0 spiro atoms. The fourth-order valence-electron chi connectivity index (χ4n) is 1.17. The molecule has 0 unspecified atom stereocenters. The van der Waals surface area contributed by atoms with E-state index in [1.54, 1.807) is 19.1 Å². The van der Waals surface area contributed by atoms with E-state index >= 15 is 0 Å². The van der Waals surface area contributed by atoms with E-state index < -0.39 is 5.97 Å². The third kappa shape index (κ3) is 5.02. The van der Waals surface area contributed by atoms with Crippen molar-refractivity contribution >= 4 is 5.97 Å². The minimum absolute atomic E-state index is 0.0590. The highest BCUT2D eigenvalue weighted by Gasteiger charge is 2.18. The van der Waals surface area contributed by atoms with Gasteiger partial charge < -0.3 is 4.74 Å². The summed E-state index contributed by atoms with van der Waals surface area (Å²) in [4.78, 5) is 11.3. The summed E-state index contributed by atoms with van der Waals surface area (Å²) in [5.74, 6) is -0.558. The number of nitriles is 1. The lowest BCUT2D eigenvalue weighted by molar-refractivity contribution is -0.138. The number of hydrogen-bond acceptors (Lipinski definition) is 3. The number of rotatable bonds is 5. The topological polar surface area (TPSA) is 50.1 Å². The molecule has 0 atom stereocenters. The SMILES string of the molecule is C=CCC(C)(C)/C=C(\C#N)C(=O)OCC. The Hall–Kier alpha value is -1.56. The molecule has 82 valence electrons. The summed E-state index contributed by atoms with van der Waals surface area (Å²) in [7, 11) is 0. The zero-order chi connectivity index (χ0) is 11.9. The van der Waals surface area contributed by atoms with Gasteiger partial charge in [0.1, 0.15) is 11.6 Å². The zero-order valence-electron chi connectivity index (χ0n) is 9.54. The summed E-state index contributed by atoms with van der Waals surface area (Å²) in [5, 5.41) is 8.81. The van der Waals surface area contributed by atoms with Gasteiger partial charge in [-0.2, -0.15) is 5.26 Å². The first-order valence-corrected chi connectivity index (χ1v) is 4.88. The minimum Gasteiger partial charge on any atom is -0.462 e. The van der Waals surface area contributed by atoms with Gasteiger partial charge in [0, 0.05) is 0 Å². The van der Waals surface area contributed by atoms with E-state index in [0.29, 0.717) is 6.42 Å². The monoisotopic (exact) mass is 207 g/mol. The van der Waals surface area contributed by atoms with Crippen molar-refractivity contribution in [2.45, 2.75) is 27.2 Å². The number of carbonyl (C=O) groups is 1. The van der Waals surface area contributed by atoms with Crippen LogP contribution in [0, 0.1) is 16.7 Å². The van der Waals surface area contributed by atoms with Crippen LogP contribution in [-0.4, -0.2) is 12.6 Å². The fraction of sp³-hybridized carbons (Fsp3) is 0.500. The lowest BCUT2D eigenvalue weighted by Gasteiger charge is -2.17. The number of nitrogens with zero attached hydrogens (tertiary/aromatic N) is 1. The fourth-order valence-corrected chi connectivity index (χ4v) is 1.17. The summed E-state index contributed by atoms with van der Waals surface area (Å²) in [6.07, 6.45) is 4.10. The van der Waals surface area contributed by atoms with E-state index in [4.69, 9.17) is 10.00 Å². The van der Waals surface area contributed by atoms with Gasteiger partial charge >= 0.3 is 5.97 Å². The summed E-state index contributed by atoms with van der Waals surface area (Å²) >= 11 is 0. The maximum atomic E-state index is 11.3. The molecule has 0 N–H and O–H groups in total. The first kappa shape index (κ1) is 13.4. The maximum absolute atomic E-state index is 11.3. The molecule has 3 heteroatoms. The molecule has 0 aromatic rings. The Labute approximate surface area is 91.0 Å². The molecule has 0 saturated carbocycles. The van der Waals surface area contributed by atoms with Crippen LogP contribution in [0.5, 0.6) is 0 Å². The maximum Gasteiger partial charge on any atom is 0.348 e. The summed E-state index contributed by atoms with van der Waals surface area (Å²) in [6, 6.07) is 1.85. The van der Waals surface area contributed by atoms with Crippen LogP contribution in [0.15, 0.2) is 24.3 Å². The number of hydrogen-bond donors (Lipinski definition) is 0. The van der Waals surface area contributed by atoms with Crippen LogP contribution in [0.4, 0.5) is 0 Å². The first-order valence-electron chi connectivity index (χ1n) is 4.88. The molecule has 0 aliphatic heterocycles. The van der Waals surface area contributed by atoms with Gasteiger partial charge in [0.05, 0.1) is 6.61 Å². The molecule has 0 bridgehead atoms. The quantitative estimate of drug-likeness (QED) is 0.301. The molecular formula is C12H17NO2. The van der Waals surface area contributed by atoms with Gasteiger partial charge in [0.25, 0.3) is 0 Å². The second-order valence-electron chi connectivity index (χ2n) is 3.87. The van der Waals surface area contributed by atoms with Crippen molar-refractivity contribution in [3.8, 4) is 6.07 Å². The van der Waals surface area contributed by atoms with E-state index in [9.17, 15) is 4.79 Å². The van der Waals surface area contributed by atoms with E-state index in [-0.39, 0.29) is 17.6 Å². The van der Waals surface area contributed by atoms with Crippen LogP contribution in [0.1, 0.15) is 27.2 Å². The van der Waals surface area contributed by atoms with E-state index in [0.717, 1.165) is 0 Å². The smallest absolute Gasteiger partial charge is 0.348 e. The molecule has 0 aliphatic carbocycles. The molecule has 0 amide bonds. The van der Waals surface area contributed by atoms with Gasteiger partial charge in [-0.25, -0.2) is 4.79 Å². The van der Waals surface area contributed by atoms with Crippen molar-refractivity contribution in [3.63, 3.8) is 0 Å². The van der Waals surface area contributed by atoms with Gasteiger partial charge in [0.2, 0.25) is 0 Å². The highest BCUT2D eigenvalue weighted by atomic mass is 16.5. The molecular weight excluding hydrogens is 190 g/mol. The highest BCUT2D eigenvalue weighted by molar-refractivity contribution is 5.92. The normalized spacial score (nSPS) is 11.7. The second-order valence-corrected chi connectivity index (χ2v) is 3.87. The van der Waals surface area contributed by atoms with E-state index in [2.05, 4.69) is 6.58 Å². The molecule has 0 radical (unpaired) electrons. The van der Waals surface area contributed by atoms with E-state index in [1.165, 1.54) is 0 Å². The molecule has 3 nitrogen and oxygen atoms in total. The predicted octanol–water partition coefficient (Wildman–Crippen LogP) is 2.60. The number of esters is 1. The third-order valence-corrected chi connectivity index (χ3v) is 1.82. The van der Waals surface area contributed by atoms with Gasteiger partial charge in [-0.05, 0) is 18.8 Å². The van der Waals surface area contributed by atoms with Crippen molar-refractivity contribution in [1.82, 2.24) is 0 Å². The average Bonchev–Trinajstić information content (AvgIpc) is 2.14. The largest absolute Gasteiger partial charge is 0.462 e. The second kappa shape index (κ2) is 6.02. The molecule has 0 saturated heterocycles. The molecule has 15 heavy (non-hydrogen) atoms. The van der Waals surface area contributed by atoms with Crippen molar-refractivity contribution in [2.24, 2.45) is 5.41 Å². The highest BCUT2D eigenvalue weighted by Crippen LogP contribution is 2.24. The van der Waals surface area contributed by atoms with Crippen molar-refractivity contribution in [3.05, 3.63) is 24.3 Å². The molecule has 0 aromatic carbocycles. The van der Waals surface area contributed by atoms with Crippen molar-refractivity contribution < 1.29 is 9.53 Å². The van der Waals surface area contributed by atoms with Crippen LogP contribution < -0.4 is 0 Å². The summed E-state index contributed by atoms with van der Waals surface area (Å²) in [6.45, 7) is 9.49. The Kier molecular flexibility index (Phi) is 5.40. The molecule has 0 aromatic heterocycles. The van der Waals surface area contributed by atoms with Crippen LogP contribution in [0.25, 0.3) is 0 Å². The number of carbonyl (C=O) groups excluding carboxylic acids is 1. The zero-order valence-corrected chi connectivity index (χ0v) is 9.54. The molecule has 0 rings (SSSR count). The Balaban J connectivity index is 4.81. The van der Waals surface area contributed by atoms with Gasteiger partial charge in [0.15, 0.2) is 0 Å². The standard InChI is InChI=1S/C12H17NO2/c1-5-7-12(3,4)8-10(9-13)11(14)15-6-2/h5,8H,1,6-7H2,2-4H3/b10-8+. The van der Waals surface area contributed by atoms with Gasteiger partial charge in [-0.1, -0.05) is 26.0 Å². The Bertz CT molecular complexity index is 308. The third-order valence-electron chi connectivity index (χ3n) is 1.82. The first-order chi connectivity index (χ1) is 6.96. The lowest BCUT2D eigenvalue weighted by Crippen LogP contribution is -2.12. The Morgan fingerprint density at radius 3 is 2.60 bits per heavy atom. The minimum atomic E-state index is -0.558. The number of ether oxygens (including phenoxy) is 1. The number of allylic oxidation sites excluding steroid dienone is 2. The van der Waals surface area contributed by atoms with Crippen LogP contribution >= 0.6 is 0 Å². The van der Waals surface area contributed by atoms with Crippen LogP contribution in [0.2, 0.25) is 0 Å². The van der Waals surface area contributed by atoms with Crippen molar-refractivity contribution in [2.75, 3.05) is 6.61 Å². The van der Waals surface area contributed by atoms with Crippen LogP contribution in [-0.2, 0) is 9.53 Å². The lowest BCUT2D eigenvalue weighted by atomic mass is 9.87. The van der Waals surface area contributed by atoms with Crippen molar-refractivity contribution in [1.29, 1.82) is 5.26 Å². The van der Waals surface area contributed by atoms with Gasteiger partial charge in [-0.15, -0.1) is 6.58 Å². The molecule has 0 aliphatic rings. The predicted molar refractivity (Wildman–Crippen MR) is 58.9 cm³/mol. The van der Waals surface area contributed by atoms with Crippen LogP contribution in [0.3, 0.4) is 0 Å². The molecule has 0 fully saturated rings.